The summed E-state index contributed by atoms with van der Waals surface area (Å²) in [6.45, 7) is 1.83. The van der Waals surface area contributed by atoms with Crippen LogP contribution < -0.4 is 10.1 Å². The molecule has 0 fully saturated rings. The monoisotopic (exact) mass is 302 g/mol. The lowest BCUT2D eigenvalue weighted by Crippen LogP contribution is -2.17. The summed E-state index contributed by atoms with van der Waals surface area (Å²) in [5, 5.41) is 3.21. The SMILES string of the molecule is Cc1cc(Cl)ccc1NC(=O)Oc1nc2ccccc2o1. The van der Waals surface area contributed by atoms with E-state index < -0.39 is 6.09 Å². The summed E-state index contributed by atoms with van der Waals surface area (Å²) >= 11 is 5.86. The normalized spacial score (nSPS) is 10.6. The van der Waals surface area contributed by atoms with Crippen molar-refractivity contribution < 1.29 is 13.9 Å². The molecular weight excluding hydrogens is 292 g/mol. The van der Waals surface area contributed by atoms with Gasteiger partial charge in [0, 0.05) is 10.7 Å². The Morgan fingerprint density at radius 1 is 1.29 bits per heavy atom. The van der Waals surface area contributed by atoms with Crippen LogP contribution in [-0.4, -0.2) is 11.1 Å². The Hall–Kier alpha value is -2.53. The van der Waals surface area contributed by atoms with Crippen LogP contribution in [0.25, 0.3) is 11.1 Å². The van der Waals surface area contributed by atoms with Crippen LogP contribution in [0.15, 0.2) is 46.9 Å². The van der Waals surface area contributed by atoms with Crippen LogP contribution >= 0.6 is 11.6 Å². The first-order valence-electron chi connectivity index (χ1n) is 6.22. The number of ether oxygens (including phenoxy) is 1. The minimum atomic E-state index is -0.674. The van der Waals surface area contributed by atoms with Gasteiger partial charge < -0.3 is 9.15 Å². The molecule has 0 aliphatic carbocycles. The highest BCUT2D eigenvalue weighted by Crippen LogP contribution is 2.22. The molecule has 0 saturated heterocycles. The molecule has 0 radical (unpaired) electrons. The van der Waals surface area contributed by atoms with Crippen molar-refractivity contribution in [3.8, 4) is 6.08 Å². The predicted molar refractivity (Wildman–Crippen MR) is 79.8 cm³/mol. The van der Waals surface area contributed by atoms with Gasteiger partial charge in [0.25, 0.3) is 0 Å². The van der Waals surface area contributed by atoms with E-state index >= 15 is 0 Å². The molecule has 21 heavy (non-hydrogen) atoms. The molecule has 1 amide bonds. The number of nitrogens with one attached hydrogen (secondary N) is 1. The maximum absolute atomic E-state index is 11.8. The number of oxazole rings is 1. The van der Waals surface area contributed by atoms with Crippen LogP contribution in [0.5, 0.6) is 6.08 Å². The van der Waals surface area contributed by atoms with Gasteiger partial charge in [-0.25, -0.2) is 4.79 Å². The summed E-state index contributed by atoms with van der Waals surface area (Å²) in [5.74, 6) is 0. The minimum absolute atomic E-state index is 0.0969. The first-order chi connectivity index (χ1) is 10.1. The van der Waals surface area contributed by atoms with Gasteiger partial charge in [-0.3, -0.25) is 5.32 Å². The van der Waals surface area contributed by atoms with Gasteiger partial charge >= 0.3 is 12.2 Å². The Bertz CT molecular complexity index is 781. The third-order valence-corrected chi connectivity index (χ3v) is 3.11. The topological polar surface area (TPSA) is 64.4 Å². The van der Waals surface area contributed by atoms with Gasteiger partial charge in [0.1, 0.15) is 5.52 Å². The molecule has 6 heteroatoms. The average Bonchev–Trinajstić information content (AvgIpc) is 2.84. The molecule has 0 aliphatic rings. The Kier molecular flexibility index (Phi) is 3.50. The van der Waals surface area contributed by atoms with Crippen molar-refractivity contribution in [2.24, 2.45) is 0 Å². The number of anilines is 1. The second-order valence-corrected chi connectivity index (χ2v) is 4.86. The van der Waals surface area contributed by atoms with Crippen molar-refractivity contribution >= 4 is 34.5 Å². The minimum Gasteiger partial charge on any atom is -0.409 e. The van der Waals surface area contributed by atoms with Crippen LogP contribution in [-0.2, 0) is 0 Å². The molecule has 1 aromatic heterocycles. The zero-order valence-electron chi connectivity index (χ0n) is 11.1. The van der Waals surface area contributed by atoms with Gasteiger partial charge in [-0.2, -0.15) is 4.98 Å². The highest BCUT2D eigenvalue weighted by molar-refractivity contribution is 6.30. The van der Waals surface area contributed by atoms with Gasteiger partial charge in [0.2, 0.25) is 0 Å². The van der Waals surface area contributed by atoms with Crippen LogP contribution in [0.4, 0.5) is 10.5 Å². The average molecular weight is 303 g/mol. The summed E-state index contributed by atoms with van der Waals surface area (Å²) in [7, 11) is 0. The fourth-order valence-corrected chi connectivity index (χ4v) is 2.10. The Morgan fingerprint density at radius 3 is 2.86 bits per heavy atom. The molecular formula is C15H11ClN2O3. The molecule has 0 spiro atoms. The number of para-hydroxylation sites is 2. The Morgan fingerprint density at radius 2 is 2.10 bits per heavy atom. The van der Waals surface area contributed by atoms with Crippen LogP contribution in [0.3, 0.4) is 0 Å². The lowest BCUT2D eigenvalue weighted by atomic mass is 10.2. The molecule has 0 aliphatic heterocycles. The number of benzene rings is 2. The highest BCUT2D eigenvalue weighted by atomic mass is 35.5. The molecule has 1 heterocycles. The van der Waals surface area contributed by atoms with Gasteiger partial charge in [-0.05, 0) is 42.8 Å². The second kappa shape index (κ2) is 5.46. The smallest absolute Gasteiger partial charge is 0.409 e. The van der Waals surface area contributed by atoms with E-state index in [9.17, 15) is 4.79 Å². The first-order valence-corrected chi connectivity index (χ1v) is 6.60. The van der Waals surface area contributed by atoms with Gasteiger partial charge in [-0.15, -0.1) is 0 Å². The van der Waals surface area contributed by atoms with Crippen molar-refractivity contribution in [3.05, 3.63) is 53.1 Å². The maximum atomic E-state index is 11.8. The number of rotatable bonds is 2. The number of amides is 1. The van der Waals surface area contributed by atoms with E-state index in [4.69, 9.17) is 20.8 Å². The van der Waals surface area contributed by atoms with E-state index in [1.165, 1.54) is 0 Å². The lowest BCUT2D eigenvalue weighted by molar-refractivity contribution is 0.200. The van der Waals surface area contributed by atoms with Gasteiger partial charge in [0.05, 0.1) is 0 Å². The summed E-state index contributed by atoms with van der Waals surface area (Å²) in [6, 6.07) is 12.3. The fourth-order valence-electron chi connectivity index (χ4n) is 1.88. The molecule has 106 valence electrons. The van der Waals surface area contributed by atoms with Crippen molar-refractivity contribution in [2.75, 3.05) is 5.32 Å². The van der Waals surface area contributed by atoms with E-state index in [0.717, 1.165) is 5.56 Å². The molecule has 1 N–H and O–H groups in total. The number of hydrogen-bond donors (Lipinski definition) is 1. The highest BCUT2D eigenvalue weighted by Gasteiger charge is 2.12. The van der Waals surface area contributed by atoms with Gasteiger partial charge in [-0.1, -0.05) is 23.7 Å². The molecule has 3 rings (SSSR count). The Labute approximate surface area is 125 Å². The first kappa shape index (κ1) is 13.5. The number of aromatic nitrogens is 1. The van der Waals surface area contributed by atoms with Crippen molar-refractivity contribution in [1.29, 1.82) is 0 Å². The van der Waals surface area contributed by atoms with E-state index in [1.807, 2.05) is 19.1 Å². The zero-order chi connectivity index (χ0) is 14.8. The molecule has 5 nitrogen and oxygen atoms in total. The summed E-state index contributed by atoms with van der Waals surface area (Å²) in [4.78, 5) is 15.9. The lowest BCUT2D eigenvalue weighted by Gasteiger charge is -2.07. The largest absolute Gasteiger partial charge is 0.420 e. The zero-order valence-corrected chi connectivity index (χ0v) is 11.8. The van der Waals surface area contributed by atoms with Crippen molar-refractivity contribution in [3.63, 3.8) is 0 Å². The van der Waals surface area contributed by atoms with E-state index in [2.05, 4.69) is 10.3 Å². The molecule has 0 saturated carbocycles. The van der Waals surface area contributed by atoms with Crippen molar-refractivity contribution in [1.82, 2.24) is 4.98 Å². The quantitative estimate of drug-likeness (QED) is 0.762. The number of aryl methyl sites for hydroxylation is 1. The molecule has 0 atom stereocenters. The summed E-state index contributed by atoms with van der Waals surface area (Å²) in [6.07, 6.45) is -0.771. The summed E-state index contributed by atoms with van der Waals surface area (Å²) in [5.41, 5.74) is 2.63. The molecule has 3 aromatic rings. The number of fused-ring (bicyclic) bond motifs is 1. The fraction of sp³-hybridized carbons (Fsp3) is 0.0667. The van der Waals surface area contributed by atoms with E-state index in [0.29, 0.717) is 21.8 Å². The number of nitrogens with zero attached hydrogens (tertiary/aromatic N) is 1. The second-order valence-electron chi connectivity index (χ2n) is 4.42. The van der Waals surface area contributed by atoms with Crippen LogP contribution in [0, 0.1) is 6.92 Å². The standard InChI is InChI=1S/C15H11ClN2O3/c1-9-8-10(16)6-7-11(9)17-14(19)21-15-18-12-4-2-3-5-13(12)20-15/h2-8H,1H3,(H,17,19). The van der Waals surface area contributed by atoms with E-state index in [-0.39, 0.29) is 6.08 Å². The summed E-state index contributed by atoms with van der Waals surface area (Å²) < 4.78 is 10.3. The number of carbonyl (C=O) groups is 1. The number of carbonyl (C=O) groups excluding carboxylic acids is 1. The Balaban J connectivity index is 1.74. The van der Waals surface area contributed by atoms with Crippen LogP contribution in [0.1, 0.15) is 5.56 Å². The molecule has 2 aromatic carbocycles. The van der Waals surface area contributed by atoms with Crippen molar-refractivity contribution in [2.45, 2.75) is 6.92 Å². The molecule has 0 unspecified atom stereocenters. The number of hydrogen-bond acceptors (Lipinski definition) is 4. The third kappa shape index (κ3) is 2.98. The predicted octanol–water partition coefficient (Wildman–Crippen LogP) is 4.40. The molecule has 0 bridgehead atoms. The van der Waals surface area contributed by atoms with E-state index in [1.54, 1.807) is 30.3 Å². The van der Waals surface area contributed by atoms with Gasteiger partial charge in [0.15, 0.2) is 5.58 Å². The van der Waals surface area contributed by atoms with Crippen LogP contribution in [0.2, 0.25) is 5.02 Å². The third-order valence-electron chi connectivity index (χ3n) is 2.88. The number of halogens is 1. The maximum Gasteiger partial charge on any atom is 0.420 e.